The normalized spacial score (nSPS) is 12.3. The average Bonchev–Trinajstić information content (AvgIpc) is 2.40. The third-order valence-electron chi connectivity index (χ3n) is 2.90. The Kier molecular flexibility index (Phi) is 11.6. The number of rotatable bonds is 6. The van der Waals surface area contributed by atoms with Crippen molar-refractivity contribution >= 4 is 36.0 Å². The first-order valence-electron chi connectivity index (χ1n) is 7.44. The standard InChI is InChI=1S/C15H32N4O3.HI/c1-14(2,3)22-13(20)19(7)10-9-17-12(16-6)18-11-15(4,5)21-8;/h9-11H2,1-8H3,(H2,16,17,18);1H. The third kappa shape index (κ3) is 12.3. The summed E-state index contributed by atoms with van der Waals surface area (Å²) in [6.45, 7) is 11.2. The summed E-state index contributed by atoms with van der Waals surface area (Å²) in [7, 11) is 5.08. The Morgan fingerprint density at radius 3 is 2.17 bits per heavy atom. The molecule has 8 heteroatoms. The SMILES string of the molecule is CN=C(NCCN(C)C(=O)OC(C)(C)C)NCC(C)(C)OC.I. The van der Waals surface area contributed by atoms with Crippen LogP contribution in [0.4, 0.5) is 4.79 Å². The molecular weight excluding hydrogens is 411 g/mol. The molecule has 0 radical (unpaired) electrons. The van der Waals surface area contributed by atoms with E-state index in [9.17, 15) is 4.79 Å². The number of likely N-dealkylation sites (N-methyl/N-ethyl adjacent to an activating group) is 1. The molecule has 0 unspecified atom stereocenters. The number of hydrogen-bond donors (Lipinski definition) is 2. The summed E-state index contributed by atoms with van der Waals surface area (Å²) in [5.41, 5.74) is -0.757. The molecule has 7 nitrogen and oxygen atoms in total. The fourth-order valence-corrected chi connectivity index (χ4v) is 1.36. The van der Waals surface area contributed by atoms with Crippen LogP contribution >= 0.6 is 24.0 Å². The molecular formula is C15H33IN4O3. The number of amides is 1. The molecule has 0 bridgehead atoms. The lowest BCUT2D eigenvalue weighted by molar-refractivity contribution is 0.0268. The van der Waals surface area contributed by atoms with Crippen molar-refractivity contribution in [2.24, 2.45) is 4.99 Å². The van der Waals surface area contributed by atoms with Gasteiger partial charge < -0.3 is 25.0 Å². The molecule has 0 aromatic carbocycles. The number of carbonyl (C=O) groups excluding carboxylic acids is 1. The monoisotopic (exact) mass is 444 g/mol. The van der Waals surface area contributed by atoms with Crippen LogP contribution in [-0.2, 0) is 9.47 Å². The van der Waals surface area contributed by atoms with Gasteiger partial charge in [0.25, 0.3) is 0 Å². The Bertz CT molecular complexity index is 381. The number of hydrogen-bond acceptors (Lipinski definition) is 4. The number of nitrogens with zero attached hydrogens (tertiary/aromatic N) is 2. The number of nitrogens with one attached hydrogen (secondary N) is 2. The first-order valence-corrected chi connectivity index (χ1v) is 7.44. The predicted octanol–water partition coefficient (Wildman–Crippen LogP) is 2.06. The van der Waals surface area contributed by atoms with E-state index in [1.807, 2.05) is 34.6 Å². The summed E-state index contributed by atoms with van der Waals surface area (Å²) in [5, 5.41) is 6.33. The maximum atomic E-state index is 11.8. The molecule has 0 aliphatic carbocycles. The van der Waals surface area contributed by atoms with Gasteiger partial charge in [0.05, 0.1) is 5.60 Å². The van der Waals surface area contributed by atoms with Crippen LogP contribution in [0.1, 0.15) is 34.6 Å². The molecule has 0 aliphatic heterocycles. The smallest absolute Gasteiger partial charge is 0.410 e. The highest BCUT2D eigenvalue weighted by Gasteiger charge is 2.19. The Balaban J connectivity index is 0. The number of methoxy groups -OCH3 is 1. The van der Waals surface area contributed by atoms with E-state index in [0.717, 1.165) is 0 Å². The summed E-state index contributed by atoms with van der Waals surface area (Å²) in [6.07, 6.45) is -0.335. The van der Waals surface area contributed by atoms with Crippen LogP contribution in [0.25, 0.3) is 0 Å². The maximum absolute atomic E-state index is 11.8. The number of guanidine groups is 1. The van der Waals surface area contributed by atoms with Crippen molar-refractivity contribution in [3.05, 3.63) is 0 Å². The topological polar surface area (TPSA) is 75.2 Å². The van der Waals surface area contributed by atoms with Gasteiger partial charge >= 0.3 is 6.09 Å². The Labute approximate surface area is 157 Å². The molecule has 0 rings (SSSR count). The van der Waals surface area contributed by atoms with Gasteiger partial charge in [-0.3, -0.25) is 4.99 Å². The van der Waals surface area contributed by atoms with E-state index in [-0.39, 0.29) is 35.7 Å². The molecule has 0 fully saturated rings. The molecule has 0 aromatic rings. The van der Waals surface area contributed by atoms with Crippen molar-refractivity contribution in [2.45, 2.75) is 45.8 Å². The van der Waals surface area contributed by atoms with Gasteiger partial charge in [-0.1, -0.05) is 0 Å². The van der Waals surface area contributed by atoms with Gasteiger partial charge in [0, 0.05) is 40.8 Å². The molecule has 0 heterocycles. The van der Waals surface area contributed by atoms with Crippen molar-refractivity contribution < 1.29 is 14.3 Å². The molecule has 0 aliphatic rings. The van der Waals surface area contributed by atoms with Crippen LogP contribution in [0, 0.1) is 0 Å². The van der Waals surface area contributed by atoms with Gasteiger partial charge in [0.2, 0.25) is 0 Å². The summed E-state index contributed by atoms with van der Waals surface area (Å²) in [6, 6.07) is 0. The molecule has 23 heavy (non-hydrogen) atoms. The van der Waals surface area contributed by atoms with Crippen LogP contribution < -0.4 is 10.6 Å². The maximum Gasteiger partial charge on any atom is 0.410 e. The minimum Gasteiger partial charge on any atom is -0.444 e. The van der Waals surface area contributed by atoms with E-state index >= 15 is 0 Å². The molecule has 0 atom stereocenters. The molecule has 0 aromatic heterocycles. The highest BCUT2D eigenvalue weighted by molar-refractivity contribution is 14.0. The third-order valence-corrected chi connectivity index (χ3v) is 2.90. The minimum absolute atomic E-state index is 0. The van der Waals surface area contributed by atoms with Crippen molar-refractivity contribution in [2.75, 3.05) is 40.8 Å². The first kappa shape index (κ1) is 24.5. The van der Waals surface area contributed by atoms with Gasteiger partial charge in [0.1, 0.15) is 5.60 Å². The lowest BCUT2D eigenvalue weighted by Crippen LogP contribution is -2.47. The van der Waals surface area contributed by atoms with Crippen LogP contribution in [0.3, 0.4) is 0 Å². The zero-order valence-corrected chi connectivity index (χ0v) is 18.0. The van der Waals surface area contributed by atoms with E-state index in [1.165, 1.54) is 4.90 Å². The number of aliphatic imine (C=N–C) groups is 1. The van der Waals surface area contributed by atoms with Crippen molar-refractivity contribution in [1.82, 2.24) is 15.5 Å². The van der Waals surface area contributed by atoms with Gasteiger partial charge in [-0.2, -0.15) is 0 Å². The van der Waals surface area contributed by atoms with Gasteiger partial charge in [-0.15, -0.1) is 24.0 Å². The second-order valence-corrected chi connectivity index (χ2v) is 6.72. The van der Waals surface area contributed by atoms with Crippen molar-refractivity contribution in [3.63, 3.8) is 0 Å². The van der Waals surface area contributed by atoms with E-state index in [1.54, 1.807) is 21.2 Å². The highest BCUT2D eigenvalue weighted by atomic mass is 127. The summed E-state index contributed by atoms with van der Waals surface area (Å²) in [4.78, 5) is 17.5. The van der Waals surface area contributed by atoms with E-state index in [0.29, 0.717) is 25.6 Å². The second kappa shape index (κ2) is 10.9. The zero-order chi connectivity index (χ0) is 17.4. The van der Waals surface area contributed by atoms with Crippen molar-refractivity contribution in [1.29, 1.82) is 0 Å². The minimum atomic E-state index is -0.484. The zero-order valence-electron chi connectivity index (χ0n) is 15.6. The van der Waals surface area contributed by atoms with Gasteiger partial charge in [-0.25, -0.2) is 4.79 Å². The Morgan fingerprint density at radius 1 is 1.17 bits per heavy atom. The summed E-state index contributed by atoms with van der Waals surface area (Å²) >= 11 is 0. The second-order valence-electron chi connectivity index (χ2n) is 6.72. The van der Waals surface area contributed by atoms with Crippen LogP contribution in [0.2, 0.25) is 0 Å². The molecule has 0 spiro atoms. The summed E-state index contributed by atoms with van der Waals surface area (Å²) in [5.74, 6) is 0.669. The molecule has 2 N–H and O–H groups in total. The van der Waals surface area contributed by atoms with Crippen LogP contribution in [0.5, 0.6) is 0 Å². The number of halogens is 1. The average molecular weight is 444 g/mol. The lowest BCUT2D eigenvalue weighted by Gasteiger charge is -2.26. The van der Waals surface area contributed by atoms with Crippen LogP contribution in [0.15, 0.2) is 4.99 Å². The summed E-state index contributed by atoms with van der Waals surface area (Å²) < 4.78 is 10.6. The Morgan fingerprint density at radius 2 is 1.74 bits per heavy atom. The predicted molar refractivity (Wildman–Crippen MR) is 105 cm³/mol. The lowest BCUT2D eigenvalue weighted by atomic mass is 10.1. The van der Waals surface area contributed by atoms with E-state index in [2.05, 4.69) is 15.6 Å². The molecule has 0 saturated carbocycles. The fourth-order valence-electron chi connectivity index (χ4n) is 1.36. The highest BCUT2D eigenvalue weighted by Crippen LogP contribution is 2.08. The fraction of sp³-hybridized carbons (Fsp3) is 0.867. The number of ether oxygens (including phenoxy) is 2. The first-order chi connectivity index (χ1) is 10.0. The van der Waals surface area contributed by atoms with Crippen molar-refractivity contribution in [3.8, 4) is 0 Å². The van der Waals surface area contributed by atoms with Crippen LogP contribution in [-0.4, -0.2) is 69.0 Å². The van der Waals surface area contributed by atoms with E-state index < -0.39 is 5.60 Å². The Hall–Kier alpha value is -0.770. The quantitative estimate of drug-likeness (QED) is 0.373. The largest absolute Gasteiger partial charge is 0.444 e. The van der Waals surface area contributed by atoms with Gasteiger partial charge in [-0.05, 0) is 34.6 Å². The number of carbonyl (C=O) groups is 1. The van der Waals surface area contributed by atoms with Gasteiger partial charge in [0.15, 0.2) is 5.96 Å². The molecule has 1 amide bonds. The molecule has 138 valence electrons. The van der Waals surface area contributed by atoms with E-state index in [4.69, 9.17) is 9.47 Å². The molecule has 0 saturated heterocycles.